The summed E-state index contributed by atoms with van der Waals surface area (Å²) in [6.45, 7) is 1.89. The van der Waals surface area contributed by atoms with E-state index in [1.54, 1.807) is 6.92 Å². The smallest absolute Gasteiger partial charge is 0.233 e. The molecule has 1 saturated heterocycles. The fraction of sp³-hybridized carbons (Fsp3) is 0.375. The van der Waals surface area contributed by atoms with Crippen molar-refractivity contribution < 1.29 is 26.3 Å². The maximum atomic E-state index is 15.0. The molecule has 7 nitrogen and oxygen atoms in total. The van der Waals surface area contributed by atoms with Crippen LogP contribution in [0.4, 0.5) is 13.2 Å². The molecule has 0 aliphatic carbocycles. The Morgan fingerprint density at radius 1 is 1.40 bits per heavy atom. The van der Waals surface area contributed by atoms with E-state index >= 15 is 0 Å². The molecule has 2 N–H and O–H groups in total. The first-order valence-corrected chi connectivity index (χ1v) is 12.3. The first kappa shape index (κ1) is 24.7. The van der Waals surface area contributed by atoms with Gasteiger partial charge in [0.05, 0.1) is 17.6 Å². The minimum atomic E-state index is -4.09. The molecule has 4 rings (SSSR count). The van der Waals surface area contributed by atoms with Gasteiger partial charge in [0, 0.05) is 5.56 Å². The van der Waals surface area contributed by atoms with Crippen LogP contribution in [0.15, 0.2) is 35.6 Å². The Kier molecular flexibility index (Phi) is 6.13. The van der Waals surface area contributed by atoms with Gasteiger partial charge in [-0.2, -0.15) is 0 Å². The van der Waals surface area contributed by atoms with Crippen LogP contribution >= 0.6 is 0 Å². The Bertz CT molecular complexity index is 1370. The number of fused-ring (bicyclic) bond motifs is 2. The van der Waals surface area contributed by atoms with Crippen LogP contribution in [-0.2, 0) is 15.4 Å². The average molecular weight is 505 g/mol. The van der Waals surface area contributed by atoms with Gasteiger partial charge in [0.1, 0.15) is 29.6 Å². The van der Waals surface area contributed by atoms with Crippen molar-refractivity contribution in [1.82, 2.24) is 9.97 Å². The van der Waals surface area contributed by atoms with Gasteiger partial charge in [0.2, 0.25) is 5.88 Å². The molecular weight excluding hydrogens is 481 g/mol. The second-order valence-corrected chi connectivity index (χ2v) is 11.2. The molecule has 2 aliphatic heterocycles. The number of alkyl halides is 1. The lowest BCUT2D eigenvalue weighted by Crippen LogP contribution is -2.58. The van der Waals surface area contributed by atoms with Crippen LogP contribution in [0.25, 0.3) is 11.9 Å². The Hall–Kier alpha value is -3.39. The van der Waals surface area contributed by atoms with Crippen molar-refractivity contribution >= 4 is 27.6 Å². The highest BCUT2D eigenvalue weighted by atomic mass is 32.2. The normalized spacial score (nSPS) is 28.2. The summed E-state index contributed by atoms with van der Waals surface area (Å²) in [7, 11) is -4.09. The summed E-state index contributed by atoms with van der Waals surface area (Å²) >= 11 is 0. The van der Waals surface area contributed by atoms with Crippen LogP contribution in [0.5, 0.6) is 5.88 Å². The number of aliphatic imine (C=N–C) groups is 1. The van der Waals surface area contributed by atoms with E-state index in [0.29, 0.717) is 0 Å². The van der Waals surface area contributed by atoms with Gasteiger partial charge in [0.25, 0.3) is 0 Å². The molecule has 2 bridgehead atoms. The van der Waals surface area contributed by atoms with Crippen LogP contribution in [0, 0.1) is 18.2 Å². The second kappa shape index (κ2) is 8.68. The molecule has 11 heteroatoms. The summed E-state index contributed by atoms with van der Waals surface area (Å²) in [6.07, 6.45) is 8.22. The van der Waals surface area contributed by atoms with Crippen LogP contribution in [0.3, 0.4) is 0 Å². The summed E-state index contributed by atoms with van der Waals surface area (Å²) in [5.41, 5.74) is 4.39. The second-order valence-electron chi connectivity index (χ2n) is 8.74. The van der Waals surface area contributed by atoms with Gasteiger partial charge in [-0.05, 0) is 50.5 Å². The number of benzene rings is 1. The number of sulfone groups is 1. The SMILES string of the molecule is C#C[C@H](C)Oc1cnc(/C(F)=C/c2ccc(F)c([C@@]3(C)N=C(N)[C@@]4(CF)CC[C@@H]3S4(=O)=O)c2)cn1. The predicted molar refractivity (Wildman–Crippen MR) is 126 cm³/mol. The van der Waals surface area contributed by atoms with Gasteiger partial charge in [-0.3, -0.25) is 4.99 Å². The van der Waals surface area contributed by atoms with Gasteiger partial charge in [-0.15, -0.1) is 6.42 Å². The van der Waals surface area contributed by atoms with Crippen molar-refractivity contribution in [2.75, 3.05) is 6.67 Å². The van der Waals surface area contributed by atoms with Crippen molar-refractivity contribution in [2.45, 2.75) is 48.3 Å². The molecule has 0 spiro atoms. The van der Waals surface area contributed by atoms with Gasteiger partial charge < -0.3 is 10.5 Å². The molecule has 4 atom stereocenters. The number of hydrogen-bond donors (Lipinski definition) is 1. The summed E-state index contributed by atoms with van der Waals surface area (Å²) < 4.78 is 73.5. The minimum Gasteiger partial charge on any atom is -0.460 e. The zero-order valence-corrected chi connectivity index (χ0v) is 19.8. The molecule has 2 aromatic rings. The van der Waals surface area contributed by atoms with E-state index in [2.05, 4.69) is 20.9 Å². The van der Waals surface area contributed by atoms with E-state index in [4.69, 9.17) is 16.9 Å². The highest BCUT2D eigenvalue weighted by molar-refractivity contribution is 7.94. The summed E-state index contributed by atoms with van der Waals surface area (Å²) in [4.78, 5) is 12.2. The molecule has 35 heavy (non-hydrogen) atoms. The van der Waals surface area contributed by atoms with Crippen molar-refractivity contribution in [3.8, 4) is 18.2 Å². The number of ether oxygens (including phenoxy) is 1. The summed E-state index contributed by atoms with van der Waals surface area (Å²) in [5.74, 6) is 0.610. The molecule has 0 radical (unpaired) electrons. The van der Waals surface area contributed by atoms with Gasteiger partial charge in [-0.25, -0.2) is 31.6 Å². The minimum absolute atomic E-state index is 0.0320. The highest BCUT2D eigenvalue weighted by Gasteiger charge is 2.65. The monoisotopic (exact) mass is 504 g/mol. The third kappa shape index (κ3) is 3.86. The quantitative estimate of drug-likeness (QED) is 0.605. The van der Waals surface area contributed by atoms with E-state index in [9.17, 15) is 21.6 Å². The molecule has 1 aromatic heterocycles. The molecular formula is C24H23F3N4O3S. The molecule has 1 aromatic carbocycles. The number of halogens is 3. The Morgan fingerprint density at radius 3 is 2.77 bits per heavy atom. The number of nitrogens with two attached hydrogens (primary N) is 1. The molecule has 184 valence electrons. The first-order chi connectivity index (χ1) is 16.5. The molecule has 2 aliphatic rings. The average Bonchev–Trinajstić information content (AvgIpc) is 3.03. The van der Waals surface area contributed by atoms with Crippen LogP contribution in [0.2, 0.25) is 0 Å². The van der Waals surface area contributed by atoms with Gasteiger partial charge >= 0.3 is 0 Å². The number of terminal acetylenes is 1. The van der Waals surface area contributed by atoms with Crippen molar-refractivity contribution in [3.63, 3.8) is 0 Å². The lowest BCUT2D eigenvalue weighted by molar-refractivity contribution is 0.266. The number of aromatic nitrogens is 2. The van der Waals surface area contributed by atoms with Crippen molar-refractivity contribution in [2.24, 2.45) is 10.7 Å². The molecule has 0 amide bonds. The molecule has 0 saturated carbocycles. The van der Waals surface area contributed by atoms with E-state index in [1.165, 1.54) is 25.3 Å². The Labute approximate surface area is 201 Å². The lowest BCUT2D eigenvalue weighted by Gasteiger charge is -2.39. The third-order valence-corrected chi connectivity index (χ3v) is 9.68. The van der Waals surface area contributed by atoms with Crippen LogP contribution in [-0.4, -0.2) is 47.0 Å². The first-order valence-electron chi connectivity index (χ1n) is 10.8. The fourth-order valence-corrected chi connectivity index (χ4v) is 7.26. The summed E-state index contributed by atoms with van der Waals surface area (Å²) in [6, 6.07) is 3.72. The number of amidine groups is 1. The van der Waals surface area contributed by atoms with E-state index < -0.39 is 49.8 Å². The van der Waals surface area contributed by atoms with Gasteiger partial charge in [-0.1, -0.05) is 12.0 Å². The predicted octanol–water partition coefficient (Wildman–Crippen LogP) is 3.36. The highest BCUT2D eigenvalue weighted by Crippen LogP contribution is 2.51. The fourth-order valence-electron chi connectivity index (χ4n) is 4.62. The van der Waals surface area contributed by atoms with Crippen molar-refractivity contribution in [1.29, 1.82) is 0 Å². The third-order valence-electron chi connectivity index (χ3n) is 6.63. The molecule has 1 fully saturated rings. The number of nitrogens with zero attached hydrogens (tertiary/aromatic N) is 3. The van der Waals surface area contributed by atoms with E-state index in [1.807, 2.05) is 0 Å². The molecule has 3 heterocycles. The topological polar surface area (TPSA) is 108 Å². The van der Waals surface area contributed by atoms with Crippen LogP contribution in [0.1, 0.15) is 43.5 Å². The maximum Gasteiger partial charge on any atom is 0.233 e. The van der Waals surface area contributed by atoms with E-state index in [0.717, 1.165) is 18.3 Å². The van der Waals surface area contributed by atoms with Crippen molar-refractivity contribution in [3.05, 3.63) is 53.2 Å². The summed E-state index contributed by atoms with van der Waals surface area (Å²) in [5, 5.41) is -1.17. The van der Waals surface area contributed by atoms with E-state index in [-0.39, 0.29) is 41.4 Å². The largest absolute Gasteiger partial charge is 0.460 e. The number of hydrogen-bond acceptors (Lipinski definition) is 7. The maximum absolute atomic E-state index is 15.0. The zero-order valence-electron chi connectivity index (χ0n) is 19.0. The Morgan fingerprint density at radius 2 is 2.14 bits per heavy atom. The lowest BCUT2D eigenvalue weighted by atomic mass is 9.86. The standard InChI is InChI=1S/C24H23F3N4O3S/c1-4-14(2)34-21-12-29-19(11-30-21)18(27)10-15-5-6-17(26)16(9-15)23(3)20-7-8-24(13-25,22(28)31-23)35(20,32)33/h1,5-6,9-12,14,20H,7-8,13H2,2-3H3,(H2,28,31)/b18-10-/t14-,20-,23+,24-/m0/s1. The number of rotatable bonds is 6. The van der Waals surface area contributed by atoms with Gasteiger partial charge in [0.15, 0.2) is 26.5 Å². The zero-order chi connectivity index (χ0) is 25.6. The molecule has 0 unspecified atom stereocenters. The Balaban J connectivity index is 1.71. The van der Waals surface area contributed by atoms with Crippen LogP contribution < -0.4 is 10.5 Å².